The molecule has 0 atom stereocenters. The Morgan fingerprint density at radius 2 is 2.11 bits per heavy atom. The first-order valence-electron chi connectivity index (χ1n) is 9.25. The molecule has 2 aromatic heterocycles. The predicted octanol–water partition coefficient (Wildman–Crippen LogP) is 4.17. The maximum Gasteiger partial charge on any atom is 0.227 e. The fourth-order valence-corrected chi connectivity index (χ4v) is 4.32. The lowest BCUT2D eigenvalue weighted by Crippen LogP contribution is -2.30. The number of hydrogen-bond donors (Lipinski definition) is 1. The number of aromatic nitrogens is 2. The van der Waals surface area contributed by atoms with Crippen LogP contribution in [0.5, 0.6) is 11.5 Å². The Balaban J connectivity index is 1.49. The van der Waals surface area contributed by atoms with E-state index < -0.39 is 0 Å². The number of benzene rings is 1. The molecule has 0 bridgehead atoms. The summed E-state index contributed by atoms with van der Waals surface area (Å²) in [5.41, 5.74) is 4.47. The van der Waals surface area contributed by atoms with Gasteiger partial charge in [0.1, 0.15) is 11.5 Å². The average molecular weight is 397 g/mol. The van der Waals surface area contributed by atoms with Crippen molar-refractivity contribution in [3.05, 3.63) is 57.5 Å². The van der Waals surface area contributed by atoms with E-state index in [2.05, 4.69) is 33.6 Å². The maximum atomic E-state index is 5.42. The van der Waals surface area contributed by atoms with E-state index in [1.165, 1.54) is 16.0 Å². The number of ether oxygens (including phenoxy) is 2. The minimum Gasteiger partial charge on any atom is -0.497 e. The van der Waals surface area contributed by atoms with Crippen LogP contribution in [0.3, 0.4) is 0 Å². The molecule has 0 unspecified atom stereocenters. The molecule has 4 rings (SSSR count). The van der Waals surface area contributed by atoms with Gasteiger partial charge in [0.15, 0.2) is 0 Å². The molecule has 146 valence electrons. The third kappa shape index (κ3) is 3.95. The zero-order chi connectivity index (χ0) is 19.5. The summed E-state index contributed by atoms with van der Waals surface area (Å²) in [7, 11) is 3.29. The van der Waals surface area contributed by atoms with Crippen LogP contribution in [0.2, 0.25) is 0 Å². The summed E-state index contributed by atoms with van der Waals surface area (Å²) in [6, 6.07) is 7.80. The molecular formula is C21H24N4O2S. The number of aryl methyl sites for hydroxylation is 1. The normalized spacial score (nSPS) is 13.8. The molecule has 0 saturated heterocycles. The van der Waals surface area contributed by atoms with Crippen LogP contribution in [-0.4, -0.2) is 35.6 Å². The smallest absolute Gasteiger partial charge is 0.227 e. The summed E-state index contributed by atoms with van der Waals surface area (Å²) in [4.78, 5) is 13.2. The van der Waals surface area contributed by atoms with Crippen LogP contribution in [0.1, 0.15) is 21.7 Å². The van der Waals surface area contributed by atoms with Crippen molar-refractivity contribution in [3.8, 4) is 11.5 Å². The lowest BCUT2D eigenvalue weighted by atomic mass is 10.1. The van der Waals surface area contributed by atoms with Crippen molar-refractivity contribution in [1.29, 1.82) is 0 Å². The summed E-state index contributed by atoms with van der Waals surface area (Å²) in [5.74, 6) is 2.05. The second-order valence-corrected chi connectivity index (χ2v) is 7.84. The molecule has 0 spiro atoms. The Labute approximate surface area is 169 Å². The monoisotopic (exact) mass is 396 g/mol. The molecule has 7 heteroatoms. The molecule has 1 aliphatic rings. The molecular weight excluding hydrogens is 372 g/mol. The number of hydrogen-bond acceptors (Lipinski definition) is 7. The quantitative estimate of drug-likeness (QED) is 0.675. The van der Waals surface area contributed by atoms with Crippen LogP contribution >= 0.6 is 11.3 Å². The van der Waals surface area contributed by atoms with Crippen molar-refractivity contribution in [1.82, 2.24) is 14.9 Å². The van der Waals surface area contributed by atoms with E-state index in [9.17, 15) is 0 Å². The first-order chi connectivity index (χ1) is 13.7. The standard InChI is InChI=1S/C21H24N4O2S/c1-14-7-9-28-20(14)13-25-8-6-17-15(12-25)11-22-21(23-17)24-18-10-16(26-2)4-5-19(18)27-3/h4-5,7,9-11H,6,8,12-13H2,1-3H3,(H,22,23,24). The second kappa shape index (κ2) is 8.16. The number of thiophene rings is 1. The van der Waals surface area contributed by atoms with E-state index in [0.29, 0.717) is 5.95 Å². The highest BCUT2D eigenvalue weighted by atomic mass is 32.1. The van der Waals surface area contributed by atoms with Crippen molar-refractivity contribution >= 4 is 23.0 Å². The Morgan fingerprint density at radius 1 is 1.21 bits per heavy atom. The van der Waals surface area contributed by atoms with Crippen molar-refractivity contribution in [2.24, 2.45) is 0 Å². The fourth-order valence-electron chi connectivity index (χ4n) is 3.37. The molecule has 3 heterocycles. The number of fused-ring (bicyclic) bond motifs is 1. The van der Waals surface area contributed by atoms with Gasteiger partial charge in [-0.15, -0.1) is 11.3 Å². The van der Waals surface area contributed by atoms with Gasteiger partial charge < -0.3 is 14.8 Å². The predicted molar refractivity (Wildman–Crippen MR) is 112 cm³/mol. The number of anilines is 2. The average Bonchev–Trinajstić information content (AvgIpc) is 3.12. The fraction of sp³-hybridized carbons (Fsp3) is 0.333. The summed E-state index contributed by atoms with van der Waals surface area (Å²) >= 11 is 1.83. The van der Waals surface area contributed by atoms with E-state index in [0.717, 1.165) is 48.9 Å². The van der Waals surface area contributed by atoms with Gasteiger partial charge in [-0.1, -0.05) is 0 Å². The third-order valence-corrected chi connectivity index (χ3v) is 6.01. The van der Waals surface area contributed by atoms with Crippen LogP contribution in [0.4, 0.5) is 11.6 Å². The first kappa shape index (κ1) is 18.7. The van der Waals surface area contributed by atoms with E-state index in [1.54, 1.807) is 14.2 Å². The number of rotatable bonds is 6. The van der Waals surface area contributed by atoms with Gasteiger partial charge in [0.25, 0.3) is 0 Å². The minimum atomic E-state index is 0.577. The molecule has 1 N–H and O–H groups in total. The lowest BCUT2D eigenvalue weighted by Gasteiger charge is -2.28. The van der Waals surface area contributed by atoms with E-state index >= 15 is 0 Å². The molecule has 0 aliphatic carbocycles. The first-order valence-corrected chi connectivity index (χ1v) is 10.1. The zero-order valence-electron chi connectivity index (χ0n) is 16.4. The SMILES string of the molecule is COc1ccc(OC)c(Nc2ncc3c(n2)CCN(Cc2sccc2C)C3)c1. The molecule has 6 nitrogen and oxygen atoms in total. The Bertz CT molecular complexity index is 973. The number of nitrogens with zero attached hydrogens (tertiary/aromatic N) is 3. The van der Waals surface area contributed by atoms with Gasteiger partial charge in [-0.05, 0) is 36.1 Å². The summed E-state index contributed by atoms with van der Waals surface area (Å²) < 4.78 is 10.7. The van der Waals surface area contributed by atoms with Crippen LogP contribution in [-0.2, 0) is 19.5 Å². The second-order valence-electron chi connectivity index (χ2n) is 6.84. The minimum absolute atomic E-state index is 0.577. The molecule has 1 aromatic carbocycles. The molecule has 0 fully saturated rings. The van der Waals surface area contributed by atoms with Crippen LogP contribution in [0.25, 0.3) is 0 Å². The van der Waals surface area contributed by atoms with Gasteiger partial charge in [-0.2, -0.15) is 0 Å². The van der Waals surface area contributed by atoms with E-state index in [1.807, 2.05) is 35.7 Å². The van der Waals surface area contributed by atoms with Crippen molar-refractivity contribution in [2.45, 2.75) is 26.4 Å². The van der Waals surface area contributed by atoms with Crippen LogP contribution in [0.15, 0.2) is 35.8 Å². The Morgan fingerprint density at radius 3 is 2.86 bits per heavy atom. The molecule has 1 aliphatic heterocycles. The van der Waals surface area contributed by atoms with Gasteiger partial charge >= 0.3 is 0 Å². The summed E-state index contributed by atoms with van der Waals surface area (Å²) in [6.45, 7) is 5.06. The molecule has 0 amide bonds. The molecule has 0 saturated carbocycles. The highest BCUT2D eigenvalue weighted by Crippen LogP contribution is 2.31. The van der Waals surface area contributed by atoms with Gasteiger partial charge in [0.2, 0.25) is 5.95 Å². The van der Waals surface area contributed by atoms with E-state index in [4.69, 9.17) is 14.5 Å². The van der Waals surface area contributed by atoms with Crippen molar-refractivity contribution in [2.75, 3.05) is 26.1 Å². The highest BCUT2D eigenvalue weighted by molar-refractivity contribution is 7.10. The Kier molecular flexibility index (Phi) is 5.45. The van der Waals surface area contributed by atoms with Crippen LogP contribution < -0.4 is 14.8 Å². The van der Waals surface area contributed by atoms with Crippen molar-refractivity contribution < 1.29 is 9.47 Å². The van der Waals surface area contributed by atoms with Gasteiger partial charge in [-0.3, -0.25) is 4.90 Å². The zero-order valence-corrected chi connectivity index (χ0v) is 17.2. The summed E-state index contributed by atoms with van der Waals surface area (Å²) in [5, 5.41) is 5.43. The lowest BCUT2D eigenvalue weighted by molar-refractivity contribution is 0.244. The largest absolute Gasteiger partial charge is 0.497 e. The van der Waals surface area contributed by atoms with Crippen LogP contribution in [0, 0.1) is 6.92 Å². The highest BCUT2D eigenvalue weighted by Gasteiger charge is 2.20. The molecule has 0 radical (unpaired) electrons. The van der Waals surface area contributed by atoms with Gasteiger partial charge in [0.05, 0.1) is 25.6 Å². The van der Waals surface area contributed by atoms with E-state index in [-0.39, 0.29) is 0 Å². The third-order valence-electron chi connectivity index (χ3n) is 5.00. The van der Waals surface area contributed by atoms with Gasteiger partial charge in [-0.25, -0.2) is 9.97 Å². The number of methoxy groups -OCH3 is 2. The maximum absolute atomic E-state index is 5.42. The molecule has 28 heavy (non-hydrogen) atoms. The topological polar surface area (TPSA) is 59.5 Å². The number of nitrogens with one attached hydrogen (secondary N) is 1. The summed E-state index contributed by atoms with van der Waals surface area (Å²) in [6.07, 6.45) is 2.86. The van der Waals surface area contributed by atoms with Crippen molar-refractivity contribution in [3.63, 3.8) is 0 Å². The Hall–Kier alpha value is -2.64. The van der Waals surface area contributed by atoms with Gasteiger partial charge in [0, 0.05) is 48.8 Å². The molecule has 3 aromatic rings.